The molecule has 1 heterocycles. The number of aryl methyl sites for hydroxylation is 2. The monoisotopic (exact) mass is 229 g/mol. The lowest BCUT2D eigenvalue weighted by molar-refractivity contribution is 0.840. The van der Waals surface area contributed by atoms with E-state index >= 15 is 0 Å². The lowest BCUT2D eigenvalue weighted by atomic mass is 10.1. The second kappa shape index (κ2) is 4.72. The topological polar surface area (TPSA) is 43.8 Å². The van der Waals surface area contributed by atoms with Gasteiger partial charge in [0.25, 0.3) is 0 Å². The quantitative estimate of drug-likeness (QED) is 0.877. The molecule has 0 unspecified atom stereocenters. The molecule has 0 fully saturated rings. The van der Waals surface area contributed by atoms with E-state index in [1.807, 2.05) is 10.9 Å². The van der Waals surface area contributed by atoms with Gasteiger partial charge in [-0.05, 0) is 62.6 Å². The average Bonchev–Trinajstić information content (AvgIpc) is 2.66. The molecule has 0 saturated carbocycles. The summed E-state index contributed by atoms with van der Waals surface area (Å²) in [5, 5.41) is 4.44. The molecule has 2 N–H and O–H groups in total. The van der Waals surface area contributed by atoms with E-state index in [1.165, 1.54) is 22.4 Å². The molecule has 0 spiro atoms. The van der Waals surface area contributed by atoms with Crippen molar-refractivity contribution >= 4 is 0 Å². The summed E-state index contributed by atoms with van der Waals surface area (Å²) in [7, 11) is 0. The fourth-order valence-electron chi connectivity index (χ4n) is 1.96. The highest BCUT2D eigenvalue weighted by atomic mass is 15.3. The third-order valence-electron chi connectivity index (χ3n) is 3.26. The van der Waals surface area contributed by atoms with Crippen LogP contribution in [0.5, 0.6) is 0 Å². The number of aromatic nitrogens is 2. The van der Waals surface area contributed by atoms with Gasteiger partial charge in [0.1, 0.15) is 0 Å². The number of nitrogens with two attached hydrogens (primary N) is 1. The zero-order valence-electron chi connectivity index (χ0n) is 10.7. The van der Waals surface area contributed by atoms with Crippen molar-refractivity contribution in [3.05, 3.63) is 46.8 Å². The molecule has 1 aromatic heterocycles. The van der Waals surface area contributed by atoms with Crippen molar-refractivity contribution in [3.63, 3.8) is 0 Å². The zero-order valence-corrected chi connectivity index (χ0v) is 10.7. The molecular weight excluding hydrogens is 210 g/mol. The third kappa shape index (κ3) is 2.24. The third-order valence-corrected chi connectivity index (χ3v) is 3.26. The van der Waals surface area contributed by atoms with Crippen LogP contribution in [0, 0.1) is 20.8 Å². The van der Waals surface area contributed by atoms with Crippen LogP contribution in [0.15, 0.2) is 24.4 Å². The van der Waals surface area contributed by atoms with E-state index in [2.05, 4.69) is 44.1 Å². The Bertz CT molecular complexity index is 526. The van der Waals surface area contributed by atoms with Crippen molar-refractivity contribution < 1.29 is 0 Å². The van der Waals surface area contributed by atoms with Gasteiger partial charge >= 0.3 is 0 Å². The van der Waals surface area contributed by atoms with Crippen LogP contribution in [-0.2, 0) is 6.42 Å². The fourth-order valence-corrected chi connectivity index (χ4v) is 1.96. The molecule has 0 aliphatic heterocycles. The maximum absolute atomic E-state index is 5.58. The molecule has 0 bridgehead atoms. The first-order valence-corrected chi connectivity index (χ1v) is 5.94. The summed E-state index contributed by atoms with van der Waals surface area (Å²) in [6, 6.07) is 6.41. The minimum absolute atomic E-state index is 0.666. The molecule has 2 aromatic rings. The van der Waals surface area contributed by atoms with Crippen molar-refractivity contribution in [3.8, 4) is 5.69 Å². The normalized spacial score (nSPS) is 10.8. The van der Waals surface area contributed by atoms with Crippen molar-refractivity contribution in [2.45, 2.75) is 27.2 Å². The van der Waals surface area contributed by atoms with Crippen molar-refractivity contribution in [1.29, 1.82) is 0 Å². The summed E-state index contributed by atoms with van der Waals surface area (Å²) in [6.07, 6.45) is 2.80. The van der Waals surface area contributed by atoms with E-state index in [1.54, 1.807) is 0 Å². The van der Waals surface area contributed by atoms with Gasteiger partial charge < -0.3 is 5.73 Å². The molecule has 3 heteroatoms. The summed E-state index contributed by atoms with van der Waals surface area (Å²) >= 11 is 0. The first kappa shape index (κ1) is 11.9. The SMILES string of the molecule is Cc1ccc(-n2ncc(CCN)c2C)cc1C. The molecule has 2 rings (SSSR count). The molecule has 0 saturated heterocycles. The average molecular weight is 229 g/mol. The van der Waals surface area contributed by atoms with E-state index in [9.17, 15) is 0 Å². The number of benzene rings is 1. The predicted octanol–water partition coefficient (Wildman–Crippen LogP) is 2.30. The van der Waals surface area contributed by atoms with E-state index in [0.29, 0.717) is 6.54 Å². The van der Waals surface area contributed by atoms with Gasteiger partial charge in [0, 0.05) is 5.69 Å². The Balaban J connectivity index is 2.42. The molecule has 0 radical (unpaired) electrons. The minimum Gasteiger partial charge on any atom is -0.330 e. The van der Waals surface area contributed by atoms with Gasteiger partial charge in [-0.3, -0.25) is 0 Å². The van der Waals surface area contributed by atoms with Crippen molar-refractivity contribution in [1.82, 2.24) is 9.78 Å². The smallest absolute Gasteiger partial charge is 0.0651 e. The highest BCUT2D eigenvalue weighted by Crippen LogP contribution is 2.17. The minimum atomic E-state index is 0.666. The summed E-state index contributed by atoms with van der Waals surface area (Å²) in [6.45, 7) is 7.00. The summed E-state index contributed by atoms with van der Waals surface area (Å²) < 4.78 is 1.98. The Kier molecular flexibility index (Phi) is 3.29. The highest BCUT2D eigenvalue weighted by Gasteiger charge is 2.07. The van der Waals surface area contributed by atoms with Crippen LogP contribution in [0.4, 0.5) is 0 Å². The first-order valence-electron chi connectivity index (χ1n) is 5.94. The van der Waals surface area contributed by atoms with Crippen LogP contribution in [-0.4, -0.2) is 16.3 Å². The fraction of sp³-hybridized carbons (Fsp3) is 0.357. The molecule has 1 aromatic carbocycles. The van der Waals surface area contributed by atoms with Gasteiger partial charge in [0.05, 0.1) is 11.9 Å². The molecule has 3 nitrogen and oxygen atoms in total. The molecule has 0 amide bonds. The van der Waals surface area contributed by atoms with Crippen LogP contribution in [0.2, 0.25) is 0 Å². The highest BCUT2D eigenvalue weighted by molar-refractivity contribution is 5.41. The van der Waals surface area contributed by atoms with Crippen LogP contribution >= 0.6 is 0 Å². The lowest BCUT2D eigenvalue weighted by Gasteiger charge is -2.08. The van der Waals surface area contributed by atoms with Gasteiger partial charge in [-0.25, -0.2) is 4.68 Å². The van der Waals surface area contributed by atoms with Crippen LogP contribution < -0.4 is 5.73 Å². The van der Waals surface area contributed by atoms with Crippen molar-refractivity contribution in [2.75, 3.05) is 6.54 Å². The maximum Gasteiger partial charge on any atom is 0.0651 e. The standard InChI is InChI=1S/C14H19N3/c1-10-4-5-14(8-11(10)2)17-12(3)13(6-7-15)9-16-17/h4-5,8-9H,6-7,15H2,1-3H3. The first-order chi connectivity index (χ1) is 8.13. The Morgan fingerprint density at radius 3 is 2.59 bits per heavy atom. The van der Waals surface area contributed by atoms with Gasteiger partial charge in [-0.1, -0.05) is 6.07 Å². The van der Waals surface area contributed by atoms with Crippen molar-refractivity contribution in [2.24, 2.45) is 5.73 Å². The number of nitrogens with zero attached hydrogens (tertiary/aromatic N) is 2. The molecule has 17 heavy (non-hydrogen) atoms. The predicted molar refractivity (Wildman–Crippen MR) is 70.5 cm³/mol. The van der Waals surface area contributed by atoms with E-state index in [-0.39, 0.29) is 0 Å². The van der Waals surface area contributed by atoms with Crippen LogP contribution in [0.3, 0.4) is 0 Å². The van der Waals surface area contributed by atoms with Gasteiger partial charge in [-0.15, -0.1) is 0 Å². The summed E-state index contributed by atoms with van der Waals surface area (Å²) in [5.41, 5.74) is 11.7. The largest absolute Gasteiger partial charge is 0.330 e. The number of hydrogen-bond acceptors (Lipinski definition) is 2. The maximum atomic E-state index is 5.58. The van der Waals surface area contributed by atoms with Gasteiger partial charge in [0.15, 0.2) is 0 Å². The molecule has 90 valence electrons. The van der Waals surface area contributed by atoms with Gasteiger partial charge in [0.2, 0.25) is 0 Å². The molecular formula is C14H19N3. The number of hydrogen-bond donors (Lipinski definition) is 1. The second-order valence-electron chi connectivity index (χ2n) is 4.47. The van der Waals surface area contributed by atoms with E-state index in [0.717, 1.165) is 12.1 Å². The van der Waals surface area contributed by atoms with Gasteiger partial charge in [-0.2, -0.15) is 5.10 Å². The zero-order chi connectivity index (χ0) is 12.4. The van der Waals surface area contributed by atoms with E-state index < -0.39 is 0 Å². The van der Waals surface area contributed by atoms with Crippen LogP contribution in [0.25, 0.3) is 5.69 Å². The number of rotatable bonds is 3. The van der Waals surface area contributed by atoms with Crippen LogP contribution in [0.1, 0.15) is 22.4 Å². The Hall–Kier alpha value is -1.61. The molecule has 0 atom stereocenters. The lowest BCUT2D eigenvalue weighted by Crippen LogP contribution is -2.04. The molecule has 0 aliphatic rings. The Morgan fingerprint density at radius 2 is 1.94 bits per heavy atom. The second-order valence-corrected chi connectivity index (χ2v) is 4.47. The summed E-state index contributed by atoms with van der Waals surface area (Å²) in [4.78, 5) is 0. The Labute approximate surface area is 102 Å². The Morgan fingerprint density at radius 1 is 1.18 bits per heavy atom. The van der Waals surface area contributed by atoms with E-state index in [4.69, 9.17) is 5.73 Å². The summed E-state index contributed by atoms with van der Waals surface area (Å²) in [5.74, 6) is 0. The molecule has 0 aliphatic carbocycles.